The summed E-state index contributed by atoms with van der Waals surface area (Å²) in [5, 5.41) is 8.83. The van der Waals surface area contributed by atoms with E-state index in [1.807, 2.05) is 18.2 Å². The topological polar surface area (TPSA) is 78.4 Å². The van der Waals surface area contributed by atoms with E-state index in [4.69, 9.17) is 0 Å². The van der Waals surface area contributed by atoms with Crippen LogP contribution in [0.25, 0.3) is 0 Å². The van der Waals surface area contributed by atoms with E-state index in [-0.39, 0.29) is 5.56 Å². The third-order valence-electron chi connectivity index (χ3n) is 3.80. The molecule has 3 N–H and O–H groups in total. The lowest BCUT2D eigenvalue weighted by Gasteiger charge is -2.12. The van der Waals surface area contributed by atoms with Gasteiger partial charge in [-0.05, 0) is 36.4 Å². The van der Waals surface area contributed by atoms with Gasteiger partial charge in [0.05, 0.1) is 5.56 Å². The van der Waals surface area contributed by atoms with E-state index >= 15 is 0 Å². The van der Waals surface area contributed by atoms with Crippen LogP contribution >= 0.6 is 0 Å². The second-order valence-electron chi connectivity index (χ2n) is 5.83. The fraction of sp³-hybridized carbons (Fsp3) is 0.316. The Labute approximate surface area is 161 Å². The van der Waals surface area contributed by atoms with Gasteiger partial charge in [0.2, 0.25) is 0 Å². The summed E-state index contributed by atoms with van der Waals surface area (Å²) in [5.74, 6) is 0.147. The highest BCUT2D eigenvalue weighted by Gasteiger charge is 2.30. The maximum absolute atomic E-state index is 12.5. The molecule has 0 radical (unpaired) electrons. The molecule has 0 aliphatic rings. The number of aliphatic imine (C=N–C) groups is 1. The molecular weight excluding hydrogens is 371 g/mol. The smallest absolute Gasteiger partial charge is 0.356 e. The first kappa shape index (κ1) is 21.2. The highest BCUT2D eigenvalue weighted by atomic mass is 19.4. The number of carbonyl (C=O) groups excluding carboxylic acids is 1. The number of guanidine groups is 1. The highest BCUT2D eigenvalue weighted by Crippen LogP contribution is 2.28. The van der Waals surface area contributed by atoms with Crippen LogP contribution in [0.15, 0.2) is 53.7 Å². The number of nitrogens with zero attached hydrogens (tertiary/aromatic N) is 2. The molecule has 1 heterocycles. The number of pyridine rings is 1. The molecule has 0 bridgehead atoms. The van der Waals surface area contributed by atoms with Crippen LogP contribution in [0.3, 0.4) is 0 Å². The molecule has 2 rings (SSSR count). The summed E-state index contributed by atoms with van der Waals surface area (Å²) in [6.07, 6.45) is -1.94. The molecule has 0 fully saturated rings. The number of amides is 1. The van der Waals surface area contributed by atoms with E-state index < -0.39 is 17.6 Å². The molecule has 9 heteroatoms. The second-order valence-corrected chi connectivity index (χ2v) is 5.83. The van der Waals surface area contributed by atoms with Crippen molar-refractivity contribution in [3.8, 4) is 0 Å². The largest absolute Gasteiger partial charge is 0.416 e. The first-order valence-electron chi connectivity index (χ1n) is 8.70. The van der Waals surface area contributed by atoms with Crippen molar-refractivity contribution in [1.29, 1.82) is 0 Å². The van der Waals surface area contributed by atoms with Crippen molar-refractivity contribution in [3.05, 3.63) is 65.5 Å². The number of hydrogen-bond acceptors (Lipinski definition) is 3. The van der Waals surface area contributed by atoms with E-state index in [1.165, 1.54) is 0 Å². The zero-order chi connectivity index (χ0) is 20.4. The molecule has 0 aliphatic carbocycles. The van der Waals surface area contributed by atoms with Crippen molar-refractivity contribution in [2.45, 2.75) is 12.6 Å². The van der Waals surface area contributed by atoms with Gasteiger partial charge in [-0.25, -0.2) is 0 Å². The van der Waals surface area contributed by atoms with Gasteiger partial charge in [0, 0.05) is 50.6 Å². The van der Waals surface area contributed by atoms with Crippen LogP contribution in [0, 0.1) is 0 Å². The van der Waals surface area contributed by atoms with Gasteiger partial charge in [-0.2, -0.15) is 13.2 Å². The number of halogens is 3. The Morgan fingerprint density at radius 3 is 2.29 bits per heavy atom. The average molecular weight is 393 g/mol. The normalized spacial score (nSPS) is 11.8. The summed E-state index contributed by atoms with van der Waals surface area (Å²) >= 11 is 0. The van der Waals surface area contributed by atoms with Crippen LogP contribution in [-0.2, 0) is 12.6 Å². The van der Waals surface area contributed by atoms with Gasteiger partial charge in [-0.1, -0.05) is 6.07 Å². The maximum Gasteiger partial charge on any atom is 0.416 e. The van der Waals surface area contributed by atoms with Crippen LogP contribution in [0.5, 0.6) is 0 Å². The molecule has 1 amide bonds. The summed E-state index contributed by atoms with van der Waals surface area (Å²) in [7, 11) is 1.64. The fourth-order valence-corrected chi connectivity index (χ4v) is 2.35. The number of hydrogen-bond donors (Lipinski definition) is 3. The quantitative estimate of drug-likeness (QED) is 0.383. The van der Waals surface area contributed by atoms with Gasteiger partial charge in [0.15, 0.2) is 5.96 Å². The molecule has 0 unspecified atom stereocenters. The van der Waals surface area contributed by atoms with Crippen molar-refractivity contribution in [2.24, 2.45) is 4.99 Å². The van der Waals surface area contributed by atoms with Crippen molar-refractivity contribution in [3.63, 3.8) is 0 Å². The van der Waals surface area contributed by atoms with E-state index in [0.29, 0.717) is 25.6 Å². The lowest BCUT2D eigenvalue weighted by Crippen LogP contribution is -2.42. The molecular formula is C19H22F3N5O. The highest BCUT2D eigenvalue weighted by molar-refractivity contribution is 5.94. The number of aromatic nitrogens is 1. The zero-order valence-corrected chi connectivity index (χ0v) is 15.4. The predicted molar refractivity (Wildman–Crippen MR) is 101 cm³/mol. The van der Waals surface area contributed by atoms with Crippen LogP contribution in [0.2, 0.25) is 0 Å². The summed E-state index contributed by atoms with van der Waals surface area (Å²) in [6.45, 7) is 1.35. The van der Waals surface area contributed by atoms with Crippen molar-refractivity contribution in [2.75, 3.05) is 26.7 Å². The molecule has 0 aliphatic heterocycles. The zero-order valence-electron chi connectivity index (χ0n) is 15.4. The molecule has 28 heavy (non-hydrogen) atoms. The minimum Gasteiger partial charge on any atom is -0.356 e. The average Bonchev–Trinajstić information content (AvgIpc) is 2.70. The van der Waals surface area contributed by atoms with Gasteiger partial charge < -0.3 is 16.0 Å². The fourth-order valence-electron chi connectivity index (χ4n) is 2.35. The number of alkyl halides is 3. The molecule has 0 saturated heterocycles. The van der Waals surface area contributed by atoms with Crippen molar-refractivity contribution >= 4 is 11.9 Å². The Balaban J connectivity index is 1.68. The van der Waals surface area contributed by atoms with Gasteiger partial charge in [-0.15, -0.1) is 0 Å². The molecule has 6 nitrogen and oxygen atoms in total. The van der Waals surface area contributed by atoms with Gasteiger partial charge in [0.25, 0.3) is 5.91 Å². The summed E-state index contributed by atoms with van der Waals surface area (Å²) in [4.78, 5) is 20.3. The molecule has 0 spiro atoms. The summed E-state index contributed by atoms with van der Waals surface area (Å²) in [6, 6.07) is 9.81. The van der Waals surface area contributed by atoms with Crippen LogP contribution in [0.4, 0.5) is 13.2 Å². The predicted octanol–water partition coefficient (Wildman–Crippen LogP) is 2.24. The molecule has 0 saturated carbocycles. The SMILES string of the molecule is CN=C(NCCNC(=O)c1ccc(C(F)(F)F)cc1)NCCc1ccccn1. The second kappa shape index (κ2) is 10.3. The number of nitrogens with one attached hydrogen (secondary N) is 3. The molecule has 0 atom stereocenters. The monoisotopic (exact) mass is 393 g/mol. The molecule has 1 aromatic carbocycles. The Kier molecular flexibility index (Phi) is 7.79. The third-order valence-corrected chi connectivity index (χ3v) is 3.80. The number of carbonyl (C=O) groups is 1. The van der Waals surface area contributed by atoms with E-state index in [2.05, 4.69) is 25.9 Å². The van der Waals surface area contributed by atoms with E-state index in [1.54, 1.807) is 13.2 Å². The molecule has 1 aromatic heterocycles. The first-order chi connectivity index (χ1) is 13.4. The van der Waals surface area contributed by atoms with Crippen LogP contribution in [0.1, 0.15) is 21.6 Å². The summed E-state index contributed by atoms with van der Waals surface area (Å²) in [5.41, 5.74) is 0.353. The maximum atomic E-state index is 12.5. The van der Waals surface area contributed by atoms with Gasteiger partial charge >= 0.3 is 6.18 Å². The van der Waals surface area contributed by atoms with Crippen molar-refractivity contribution < 1.29 is 18.0 Å². The number of rotatable bonds is 7. The van der Waals surface area contributed by atoms with Crippen LogP contribution < -0.4 is 16.0 Å². The summed E-state index contributed by atoms with van der Waals surface area (Å²) < 4.78 is 37.6. The Bertz CT molecular complexity index is 776. The standard InChI is InChI=1S/C19H22F3N5O/c1-23-18(26-11-9-16-4-2-3-10-24-16)27-13-12-25-17(28)14-5-7-15(8-6-14)19(20,21)22/h2-8,10H,9,11-13H2,1H3,(H,25,28)(H2,23,26,27). The molecule has 150 valence electrons. The minimum absolute atomic E-state index is 0.172. The minimum atomic E-state index is -4.42. The Morgan fingerprint density at radius 2 is 1.68 bits per heavy atom. The lowest BCUT2D eigenvalue weighted by atomic mass is 10.1. The third kappa shape index (κ3) is 6.90. The Hall–Kier alpha value is -3.10. The first-order valence-corrected chi connectivity index (χ1v) is 8.70. The lowest BCUT2D eigenvalue weighted by molar-refractivity contribution is -0.137. The van der Waals surface area contributed by atoms with Gasteiger partial charge in [-0.3, -0.25) is 14.8 Å². The number of benzene rings is 1. The van der Waals surface area contributed by atoms with Gasteiger partial charge in [0.1, 0.15) is 0 Å². The molecule has 2 aromatic rings. The van der Waals surface area contributed by atoms with Crippen LogP contribution in [-0.4, -0.2) is 43.5 Å². The van der Waals surface area contributed by atoms with E-state index in [9.17, 15) is 18.0 Å². The van der Waals surface area contributed by atoms with E-state index in [0.717, 1.165) is 36.4 Å². The Morgan fingerprint density at radius 1 is 1.00 bits per heavy atom. The van der Waals surface area contributed by atoms with Crippen molar-refractivity contribution in [1.82, 2.24) is 20.9 Å².